The van der Waals surface area contributed by atoms with Gasteiger partial charge in [0.15, 0.2) is 0 Å². The number of anilines is 1. The predicted octanol–water partition coefficient (Wildman–Crippen LogP) is 3.09. The number of ether oxygens (including phenoxy) is 1. The summed E-state index contributed by atoms with van der Waals surface area (Å²) in [5.41, 5.74) is 7.38. The molecule has 16 heavy (non-hydrogen) atoms. The lowest BCUT2D eigenvalue weighted by Crippen LogP contribution is -2.14. The second-order valence-electron chi connectivity index (χ2n) is 4.55. The molecule has 4 heteroatoms. The number of nitrogen functional groups attached to an aromatic ring is 1. The Labute approximate surface area is 101 Å². The molecule has 0 unspecified atom stereocenters. The molecule has 1 aromatic heterocycles. The normalized spacial score (nSPS) is 11.1. The van der Waals surface area contributed by atoms with Gasteiger partial charge in [0.2, 0.25) is 0 Å². The maximum Gasteiger partial charge on any atom is 0.341 e. The van der Waals surface area contributed by atoms with E-state index in [-0.39, 0.29) is 12.1 Å². The third kappa shape index (κ3) is 3.23. The fraction of sp³-hybridized carbons (Fsp3) is 0.583. The number of nitrogens with two attached hydrogens (primary N) is 1. The van der Waals surface area contributed by atoms with Gasteiger partial charge in [-0.05, 0) is 37.1 Å². The highest BCUT2D eigenvalue weighted by Crippen LogP contribution is 2.28. The maximum atomic E-state index is 11.8. The first kappa shape index (κ1) is 13.0. The van der Waals surface area contributed by atoms with Crippen molar-refractivity contribution in [2.45, 2.75) is 40.2 Å². The standard InChI is InChI=1S/C12H19NO2S/c1-7(2)5-9-6-16-11(13)10(9)12(14)15-8(3)4/h6-8H,5,13H2,1-4H3. The molecule has 1 rings (SSSR count). The van der Waals surface area contributed by atoms with Crippen LogP contribution in [0.25, 0.3) is 0 Å². The summed E-state index contributed by atoms with van der Waals surface area (Å²) in [6.45, 7) is 7.90. The van der Waals surface area contributed by atoms with E-state index in [0.29, 0.717) is 16.5 Å². The minimum atomic E-state index is -0.301. The molecule has 90 valence electrons. The lowest BCUT2D eigenvalue weighted by Gasteiger charge is -2.10. The van der Waals surface area contributed by atoms with Crippen molar-refractivity contribution >= 4 is 22.3 Å². The van der Waals surface area contributed by atoms with Crippen molar-refractivity contribution in [2.75, 3.05) is 5.73 Å². The third-order valence-electron chi connectivity index (χ3n) is 2.07. The summed E-state index contributed by atoms with van der Waals surface area (Å²) >= 11 is 1.41. The summed E-state index contributed by atoms with van der Waals surface area (Å²) in [7, 11) is 0. The Morgan fingerprint density at radius 1 is 1.44 bits per heavy atom. The van der Waals surface area contributed by atoms with Crippen LogP contribution in [0.1, 0.15) is 43.6 Å². The van der Waals surface area contributed by atoms with E-state index >= 15 is 0 Å². The van der Waals surface area contributed by atoms with Crippen LogP contribution in [0.2, 0.25) is 0 Å². The average Bonchev–Trinajstić information content (AvgIpc) is 2.44. The molecule has 0 aromatic carbocycles. The average molecular weight is 241 g/mol. The molecule has 3 nitrogen and oxygen atoms in total. The first-order chi connectivity index (χ1) is 7.41. The van der Waals surface area contributed by atoms with Crippen LogP contribution < -0.4 is 5.73 Å². The van der Waals surface area contributed by atoms with Gasteiger partial charge in [-0.3, -0.25) is 0 Å². The van der Waals surface area contributed by atoms with E-state index in [4.69, 9.17) is 10.5 Å². The number of hydrogen-bond donors (Lipinski definition) is 1. The van der Waals surface area contributed by atoms with E-state index in [1.54, 1.807) is 0 Å². The molecule has 0 aliphatic heterocycles. The van der Waals surface area contributed by atoms with Gasteiger partial charge in [0.1, 0.15) is 5.00 Å². The van der Waals surface area contributed by atoms with E-state index < -0.39 is 0 Å². The highest BCUT2D eigenvalue weighted by molar-refractivity contribution is 7.14. The summed E-state index contributed by atoms with van der Waals surface area (Å²) in [5.74, 6) is 0.198. The molecule has 0 bridgehead atoms. The fourth-order valence-corrected chi connectivity index (χ4v) is 2.32. The number of esters is 1. The minimum Gasteiger partial charge on any atom is -0.459 e. The molecular formula is C12H19NO2S. The highest BCUT2D eigenvalue weighted by Gasteiger charge is 2.20. The Bertz CT molecular complexity index is 369. The summed E-state index contributed by atoms with van der Waals surface area (Å²) in [5, 5.41) is 2.51. The highest BCUT2D eigenvalue weighted by atomic mass is 32.1. The number of hydrogen-bond acceptors (Lipinski definition) is 4. The van der Waals surface area contributed by atoms with Gasteiger partial charge in [0, 0.05) is 0 Å². The van der Waals surface area contributed by atoms with Crippen LogP contribution in [-0.2, 0) is 11.2 Å². The molecule has 1 heterocycles. The van der Waals surface area contributed by atoms with Crippen LogP contribution in [-0.4, -0.2) is 12.1 Å². The van der Waals surface area contributed by atoms with E-state index in [1.165, 1.54) is 11.3 Å². The molecule has 0 fully saturated rings. The Balaban J connectivity index is 2.92. The van der Waals surface area contributed by atoms with Crippen molar-refractivity contribution in [3.8, 4) is 0 Å². The van der Waals surface area contributed by atoms with Crippen molar-refractivity contribution in [2.24, 2.45) is 5.92 Å². The van der Waals surface area contributed by atoms with Gasteiger partial charge in [0.05, 0.1) is 11.7 Å². The van der Waals surface area contributed by atoms with Crippen LogP contribution in [0.5, 0.6) is 0 Å². The zero-order valence-electron chi connectivity index (χ0n) is 10.2. The quantitative estimate of drug-likeness (QED) is 0.824. The number of thiophene rings is 1. The monoisotopic (exact) mass is 241 g/mol. The Morgan fingerprint density at radius 2 is 2.06 bits per heavy atom. The zero-order valence-corrected chi connectivity index (χ0v) is 11.1. The first-order valence-electron chi connectivity index (χ1n) is 5.48. The van der Waals surface area contributed by atoms with Gasteiger partial charge in [-0.25, -0.2) is 4.79 Å². The van der Waals surface area contributed by atoms with Crippen LogP contribution in [0.3, 0.4) is 0 Å². The predicted molar refractivity (Wildman–Crippen MR) is 67.8 cm³/mol. The van der Waals surface area contributed by atoms with Crippen molar-refractivity contribution < 1.29 is 9.53 Å². The van der Waals surface area contributed by atoms with Gasteiger partial charge in [0.25, 0.3) is 0 Å². The van der Waals surface area contributed by atoms with E-state index in [0.717, 1.165) is 12.0 Å². The van der Waals surface area contributed by atoms with Crippen LogP contribution >= 0.6 is 11.3 Å². The van der Waals surface area contributed by atoms with E-state index in [9.17, 15) is 4.79 Å². The number of rotatable bonds is 4. The summed E-state index contributed by atoms with van der Waals surface area (Å²) in [6, 6.07) is 0. The van der Waals surface area contributed by atoms with Gasteiger partial charge < -0.3 is 10.5 Å². The van der Waals surface area contributed by atoms with Gasteiger partial charge >= 0.3 is 5.97 Å². The van der Waals surface area contributed by atoms with Gasteiger partial charge in [-0.1, -0.05) is 13.8 Å². The maximum absolute atomic E-state index is 11.8. The molecule has 0 saturated carbocycles. The number of carbonyl (C=O) groups is 1. The SMILES string of the molecule is CC(C)Cc1csc(N)c1C(=O)OC(C)C. The molecule has 2 N–H and O–H groups in total. The van der Waals surface area contributed by atoms with E-state index in [1.807, 2.05) is 19.2 Å². The van der Waals surface area contributed by atoms with Crippen LogP contribution in [0.15, 0.2) is 5.38 Å². The summed E-state index contributed by atoms with van der Waals surface area (Å²) in [4.78, 5) is 11.8. The Hall–Kier alpha value is -1.03. The second-order valence-corrected chi connectivity index (χ2v) is 5.46. The molecule has 0 aliphatic carbocycles. The Morgan fingerprint density at radius 3 is 2.56 bits per heavy atom. The van der Waals surface area contributed by atoms with Crippen molar-refractivity contribution in [1.82, 2.24) is 0 Å². The lowest BCUT2D eigenvalue weighted by molar-refractivity contribution is 0.0378. The van der Waals surface area contributed by atoms with Crippen molar-refractivity contribution in [1.29, 1.82) is 0 Å². The van der Waals surface area contributed by atoms with Crippen molar-refractivity contribution in [3.63, 3.8) is 0 Å². The molecular weight excluding hydrogens is 222 g/mol. The van der Waals surface area contributed by atoms with Crippen LogP contribution in [0, 0.1) is 5.92 Å². The second kappa shape index (κ2) is 5.34. The molecule has 0 amide bonds. The summed E-state index contributed by atoms with van der Waals surface area (Å²) in [6.07, 6.45) is 0.745. The molecule has 1 aromatic rings. The lowest BCUT2D eigenvalue weighted by atomic mass is 10.0. The molecule has 0 spiro atoms. The number of carbonyl (C=O) groups excluding carboxylic acids is 1. The van der Waals surface area contributed by atoms with E-state index in [2.05, 4.69) is 13.8 Å². The molecule has 0 radical (unpaired) electrons. The fourth-order valence-electron chi connectivity index (χ4n) is 1.51. The minimum absolute atomic E-state index is 0.112. The van der Waals surface area contributed by atoms with Crippen LogP contribution in [0.4, 0.5) is 5.00 Å². The Kier molecular flexibility index (Phi) is 4.35. The third-order valence-corrected chi connectivity index (χ3v) is 2.93. The molecule has 0 aliphatic rings. The summed E-state index contributed by atoms with van der Waals surface area (Å²) < 4.78 is 5.19. The molecule has 0 atom stereocenters. The topological polar surface area (TPSA) is 52.3 Å². The largest absolute Gasteiger partial charge is 0.459 e. The molecule has 0 saturated heterocycles. The van der Waals surface area contributed by atoms with Crippen molar-refractivity contribution in [3.05, 3.63) is 16.5 Å². The zero-order chi connectivity index (χ0) is 12.3. The van der Waals surface area contributed by atoms with Gasteiger partial charge in [-0.15, -0.1) is 11.3 Å². The first-order valence-corrected chi connectivity index (χ1v) is 6.36. The van der Waals surface area contributed by atoms with Gasteiger partial charge in [-0.2, -0.15) is 0 Å². The smallest absolute Gasteiger partial charge is 0.341 e.